The Bertz CT molecular complexity index is 350. The maximum atomic E-state index is 2.56. The molecular weight excluding hydrogens is 324 g/mol. The van der Waals surface area contributed by atoms with Gasteiger partial charge in [0.05, 0.1) is 0 Å². The predicted octanol–water partition coefficient (Wildman–Crippen LogP) is 9.98. The molecular formula is C27H54. The van der Waals surface area contributed by atoms with Crippen LogP contribution < -0.4 is 0 Å². The van der Waals surface area contributed by atoms with Crippen molar-refractivity contribution in [1.29, 1.82) is 0 Å². The fourth-order valence-electron chi connectivity index (χ4n) is 4.38. The minimum absolute atomic E-state index is 0.556. The lowest BCUT2D eigenvalue weighted by atomic mass is 9.76. The molecule has 162 valence electrons. The molecule has 0 nitrogen and oxygen atoms in total. The van der Waals surface area contributed by atoms with E-state index in [9.17, 15) is 0 Å². The largest absolute Gasteiger partial charge is 0.0851 e. The van der Waals surface area contributed by atoms with Crippen LogP contribution in [0.2, 0.25) is 0 Å². The van der Waals surface area contributed by atoms with Crippen molar-refractivity contribution in [2.45, 2.75) is 139 Å². The van der Waals surface area contributed by atoms with Crippen LogP contribution >= 0.6 is 0 Å². The van der Waals surface area contributed by atoms with Gasteiger partial charge in [0.15, 0.2) is 0 Å². The molecule has 2 unspecified atom stereocenters. The zero-order chi connectivity index (χ0) is 20.7. The number of hydrogen-bond acceptors (Lipinski definition) is 0. The van der Waals surface area contributed by atoms with Gasteiger partial charge in [-0.05, 0) is 49.4 Å². The van der Waals surface area contributed by atoms with Crippen LogP contribution in [0.1, 0.15) is 139 Å². The second-order valence-corrected chi connectivity index (χ2v) is 10.2. The minimum atomic E-state index is 0.556. The van der Waals surface area contributed by atoms with Gasteiger partial charge in [-0.3, -0.25) is 0 Å². The standard InChI is InChI=1S/C27H54/c1-9-27(10-2,11-3)22-21-26(8)20-14-19-25(7)18-13-17-24(6)16-12-15-23(4)5/h21,23-25H,9-20,22H2,1-8H3. The first-order valence-corrected chi connectivity index (χ1v) is 12.4. The third kappa shape index (κ3) is 13.5. The highest BCUT2D eigenvalue weighted by molar-refractivity contribution is 5.00. The summed E-state index contributed by atoms with van der Waals surface area (Å²) >= 11 is 0. The summed E-state index contributed by atoms with van der Waals surface area (Å²) in [6, 6.07) is 0. The SMILES string of the molecule is CCC(CC)(CC)CC=C(C)CCCC(C)CCCC(C)CCCC(C)C. The average Bonchev–Trinajstić information content (AvgIpc) is 2.63. The molecule has 0 aliphatic heterocycles. The molecule has 0 saturated heterocycles. The second kappa shape index (κ2) is 15.6. The normalized spacial score (nSPS) is 15.4. The molecule has 0 aromatic heterocycles. The summed E-state index contributed by atoms with van der Waals surface area (Å²) in [4.78, 5) is 0. The van der Waals surface area contributed by atoms with Crippen molar-refractivity contribution in [3.63, 3.8) is 0 Å². The molecule has 0 amide bonds. The van der Waals surface area contributed by atoms with Gasteiger partial charge in [-0.25, -0.2) is 0 Å². The summed E-state index contributed by atoms with van der Waals surface area (Å²) in [5.74, 6) is 2.70. The number of rotatable bonds is 17. The van der Waals surface area contributed by atoms with Gasteiger partial charge in [-0.2, -0.15) is 0 Å². The van der Waals surface area contributed by atoms with Crippen molar-refractivity contribution >= 4 is 0 Å². The van der Waals surface area contributed by atoms with Gasteiger partial charge in [-0.15, -0.1) is 0 Å². The first kappa shape index (κ1) is 26.7. The third-order valence-corrected chi connectivity index (χ3v) is 7.27. The first-order chi connectivity index (χ1) is 12.8. The average molecular weight is 379 g/mol. The highest BCUT2D eigenvalue weighted by Gasteiger charge is 2.22. The Morgan fingerprint density at radius 1 is 0.704 bits per heavy atom. The molecule has 0 aromatic carbocycles. The maximum absolute atomic E-state index is 2.56. The monoisotopic (exact) mass is 378 g/mol. The van der Waals surface area contributed by atoms with Crippen molar-refractivity contribution < 1.29 is 0 Å². The smallest absolute Gasteiger partial charge is 0.0271 e. The van der Waals surface area contributed by atoms with Gasteiger partial charge in [0.1, 0.15) is 0 Å². The minimum Gasteiger partial charge on any atom is -0.0851 e. The van der Waals surface area contributed by atoms with Gasteiger partial charge < -0.3 is 0 Å². The van der Waals surface area contributed by atoms with Crippen LogP contribution in [0.25, 0.3) is 0 Å². The lowest BCUT2D eigenvalue weighted by molar-refractivity contribution is 0.253. The molecule has 0 fully saturated rings. The number of allylic oxidation sites excluding steroid dienone is 2. The molecule has 0 aromatic rings. The zero-order valence-corrected chi connectivity index (χ0v) is 20.5. The summed E-state index contributed by atoms with van der Waals surface area (Å²) in [7, 11) is 0. The van der Waals surface area contributed by atoms with E-state index >= 15 is 0 Å². The van der Waals surface area contributed by atoms with Gasteiger partial charge in [0.2, 0.25) is 0 Å². The van der Waals surface area contributed by atoms with E-state index in [0.717, 1.165) is 17.8 Å². The van der Waals surface area contributed by atoms with Crippen LogP contribution in [0.15, 0.2) is 11.6 Å². The third-order valence-electron chi connectivity index (χ3n) is 7.27. The van der Waals surface area contributed by atoms with E-state index < -0.39 is 0 Å². The Morgan fingerprint density at radius 3 is 1.59 bits per heavy atom. The Morgan fingerprint density at radius 2 is 1.15 bits per heavy atom. The van der Waals surface area contributed by atoms with Crippen LogP contribution in [-0.4, -0.2) is 0 Å². The highest BCUT2D eigenvalue weighted by Crippen LogP contribution is 2.35. The molecule has 0 radical (unpaired) electrons. The molecule has 0 heterocycles. The van der Waals surface area contributed by atoms with E-state index in [-0.39, 0.29) is 0 Å². The van der Waals surface area contributed by atoms with Crippen LogP contribution in [0.5, 0.6) is 0 Å². The fraction of sp³-hybridized carbons (Fsp3) is 0.926. The van der Waals surface area contributed by atoms with Crippen molar-refractivity contribution in [3.8, 4) is 0 Å². The van der Waals surface area contributed by atoms with Gasteiger partial charge in [0, 0.05) is 0 Å². The van der Waals surface area contributed by atoms with Crippen LogP contribution in [0.3, 0.4) is 0 Å². The fourth-order valence-corrected chi connectivity index (χ4v) is 4.38. The number of hydrogen-bond donors (Lipinski definition) is 0. The lowest BCUT2D eigenvalue weighted by Gasteiger charge is -2.29. The zero-order valence-electron chi connectivity index (χ0n) is 20.5. The lowest BCUT2D eigenvalue weighted by Crippen LogP contribution is -2.16. The van der Waals surface area contributed by atoms with Crippen molar-refractivity contribution in [1.82, 2.24) is 0 Å². The predicted molar refractivity (Wildman–Crippen MR) is 126 cm³/mol. The summed E-state index contributed by atoms with van der Waals surface area (Å²) in [6.45, 7) is 19.1. The van der Waals surface area contributed by atoms with Crippen molar-refractivity contribution in [3.05, 3.63) is 11.6 Å². The summed E-state index contributed by atoms with van der Waals surface area (Å²) < 4.78 is 0. The van der Waals surface area contributed by atoms with Crippen molar-refractivity contribution in [2.24, 2.45) is 23.2 Å². The molecule has 0 heteroatoms. The molecule has 0 saturated carbocycles. The van der Waals surface area contributed by atoms with E-state index in [1.54, 1.807) is 5.57 Å². The van der Waals surface area contributed by atoms with Crippen molar-refractivity contribution in [2.75, 3.05) is 0 Å². The maximum Gasteiger partial charge on any atom is -0.0271 e. The topological polar surface area (TPSA) is 0 Å². The van der Waals surface area contributed by atoms with Crippen LogP contribution in [0.4, 0.5) is 0 Å². The molecule has 0 rings (SSSR count). The quantitative estimate of drug-likeness (QED) is 0.221. The van der Waals surface area contributed by atoms with E-state index in [4.69, 9.17) is 0 Å². The summed E-state index contributed by atoms with van der Waals surface area (Å²) in [5.41, 5.74) is 2.18. The summed E-state index contributed by atoms with van der Waals surface area (Å²) in [5, 5.41) is 0. The molecule has 2 atom stereocenters. The first-order valence-electron chi connectivity index (χ1n) is 12.4. The Hall–Kier alpha value is -0.260. The highest BCUT2D eigenvalue weighted by atomic mass is 14.3. The van der Waals surface area contributed by atoms with E-state index in [1.165, 1.54) is 83.5 Å². The van der Waals surface area contributed by atoms with Crippen LogP contribution in [-0.2, 0) is 0 Å². The van der Waals surface area contributed by atoms with E-state index in [2.05, 4.69) is 61.5 Å². The molecule has 0 N–H and O–H groups in total. The molecule has 27 heavy (non-hydrogen) atoms. The van der Waals surface area contributed by atoms with Crippen LogP contribution in [0, 0.1) is 23.2 Å². The van der Waals surface area contributed by atoms with Gasteiger partial charge >= 0.3 is 0 Å². The molecule has 0 bridgehead atoms. The Labute approximate surface area is 174 Å². The summed E-state index contributed by atoms with van der Waals surface area (Å²) in [6.07, 6.45) is 20.5. The van der Waals surface area contributed by atoms with E-state index in [0.29, 0.717) is 5.41 Å². The Kier molecular flexibility index (Phi) is 15.5. The van der Waals surface area contributed by atoms with E-state index in [1.807, 2.05) is 0 Å². The second-order valence-electron chi connectivity index (χ2n) is 10.2. The Balaban J connectivity index is 3.89. The van der Waals surface area contributed by atoms with Gasteiger partial charge in [-0.1, -0.05) is 124 Å². The molecule has 0 spiro atoms. The molecule has 0 aliphatic rings. The van der Waals surface area contributed by atoms with Gasteiger partial charge in [0.25, 0.3) is 0 Å². The molecule has 0 aliphatic carbocycles.